The van der Waals surface area contributed by atoms with Crippen molar-refractivity contribution >= 4 is 5.57 Å². The van der Waals surface area contributed by atoms with Gasteiger partial charge < -0.3 is 4.74 Å². The molecule has 2 aliphatic rings. The van der Waals surface area contributed by atoms with Gasteiger partial charge in [0, 0.05) is 11.1 Å². The molecule has 5 rings (SSSR count). The fourth-order valence-electron chi connectivity index (χ4n) is 6.96. The van der Waals surface area contributed by atoms with E-state index in [4.69, 9.17) is 4.74 Å². The van der Waals surface area contributed by atoms with Crippen molar-refractivity contribution < 1.29 is 17.9 Å². The van der Waals surface area contributed by atoms with Gasteiger partial charge in [0.2, 0.25) is 5.82 Å². The van der Waals surface area contributed by atoms with Crippen LogP contribution in [0.4, 0.5) is 13.2 Å². The smallest absolute Gasteiger partial charge is 0.201 e. The Morgan fingerprint density at radius 1 is 0.791 bits per heavy atom. The number of unbranched alkanes of at least 4 members (excludes halogenated alkanes) is 1. The van der Waals surface area contributed by atoms with Crippen molar-refractivity contribution in [2.24, 2.45) is 17.8 Å². The lowest BCUT2D eigenvalue weighted by Crippen LogP contribution is -2.23. The van der Waals surface area contributed by atoms with E-state index in [-0.39, 0.29) is 17.1 Å². The third-order valence-corrected chi connectivity index (χ3v) is 9.64. The SMILES string of the molecule is CC=CCCC1CCC(C2CC=C(c3ccc(-c4ccc(-c5ccc(OCCCC)c(F)c5F)cc4)c(F)c3)CC2)CC1. The zero-order valence-electron chi connectivity index (χ0n) is 25.7. The van der Waals surface area contributed by atoms with E-state index in [2.05, 4.69) is 25.2 Å². The van der Waals surface area contributed by atoms with Crippen LogP contribution in [0.3, 0.4) is 0 Å². The van der Waals surface area contributed by atoms with Crippen molar-refractivity contribution in [2.75, 3.05) is 6.61 Å². The topological polar surface area (TPSA) is 9.23 Å². The van der Waals surface area contributed by atoms with Gasteiger partial charge in [-0.15, -0.1) is 0 Å². The first kappa shape index (κ1) is 31.2. The Labute approximate surface area is 255 Å². The van der Waals surface area contributed by atoms with E-state index in [9.17, 15) is 8.78 Å². The highest BCUT2D eigenvalue weighted by Gasteiger charge is 2.28. The van der Waals surface area contributed by atoms with Gasteiger partial charge in [0.1, 0.15) is 5.82 Å². The molecular weight excluding hydrogens is 541 g/mol. The number of halogens is 3. The second kappa shape index (κ2) is 14.9. The van der Waals surface area contributed by atoms with E-state index in [1.807, 2.05) is 19.1 Å². The fraction of sp³-hybridized carbons (Fsp3) is 0.436. The number of benzene rings is 3. The molecule has 0 aromatic heterocycles. The molecule has 2 aliphatic carbocycles. The quantitative estimate of drug-likeness (QED) is 0.160. The molecule has 1 fully saturated rings. The van der Waals surface area contributed by atoms with Crippen molar-refractivity contribution in [3.8, 4) is 28.0 Å². The van der Waals surface area contributed by atoms with Crippen LogP contribution in [0.15, 0.2) is 72.8 Å². The van der Waals surface area contributed by atoms with E-state index in [0.29, 0.717) is 23.3 Å². The molecule has 4 heteroatoms. The predicted octanol–water partition coefficient (Wildman–Crippen LogP) is 12.0. The van der Waals surface area contributed by atoms with Crippen LogP contribution in [0.5, 0.6) is 5.75 Å². The Bertz CT molecular complexity index is 1410. The maximum absolute atomic E-state index is 15.4. The Kier molecular flexibility index (Phi) is 10.8. The molecule has 0 saturated heterocycles. The van der Waals surface area contributed by atoms with Gasteiger partial charge in [-0.05, 0) is 117 Å². The standard InChI is InChI=1S/C39H45F3O/c1-3-5-7-8-27-9-11-28(12-10-27)29-13-15-30(16-14-29)33-21-22-34(36(40)26-33)31-17-19-32(20-18-31)35-23-24-37(39(42)38(35)41)43-25-6-4-2/h3,5,15,17-24,26-29H,4,6-14,16,25H2,1-2H3. The Hall–Kier alpha value is -3.27. The predicted molar refractivity (Wildman–Crippen MR) is 172 cm³/mol. The molecule has 1 nitrogen and oxygen atoms in total. The summed E-state index contributed by atoms with van der Waals surface area (Å²) in [5.74, 6) is 0.223. The minimum Gasteiger partial charge on any atom is -0.490 e. The summed E-state index contributed by atoms with van der Waals surface area (Å²) in [5, 5.41) is 0. The first-order chi connectivity index (χ1) is 21.0. The molecule has 3 aromatic carbocycles. The lowest BCUT2D eigenvalue weighted by Gasteiger charge is -2.35. The number of rotatable bonds is 11. The maximum Gasteiger partial charge on any atom is 0.201 e. The van der Waals surface area contributed by atoms with Crippen molar-refractivity contribution in [2.45, 2.75) is 84.5 Å². The van der Waals surface area contributed by atoms with Crippen molar-refractivity contribution in [3.05, 3.63) is 95.8 Å². The Balaban J connectivity index is 1.20. The molecule has 0 aliphatic heterocycles. The van der Waals surface area contributed by atoms with Crippen molar-refractivity contribution in [1.82, 2.24) is 0 Å². The molecular formula is C39H45F3O. The second-order valence-corrected chi connectivity index (χ2v) is 12.4. The third kappa shape index (κ3) is 7.63. The largest absolute Gasteiger partial charge is 0.490 e. The van der Waals surface area contributed by atoms with Crippen LogP contribution in [-0.2, 0) is 0 Å². The summed E-state index contributed by atoms with van der Waals surface area (Å²) in [6.45, 7) is 4.46. The number of ether oxygens (including phenoxy) is 1. The van der Waals surface area contributed by atoms with Crippen LogP contribution >= 0.6 is 0 Å². The van der Waals surface area contributed by atoms with E-state index in [0.717, 1.165) is 49.0 Å². The zero-order valence-corrected chi connectivity index (χ0v) is 25.7. The molecule has 1 saturated carbocycles. The lowest BCUT2D eigenvalue weighted by atomic mass is 9.70. The number of hydrogen-bond donors (Lipinski definition) is 0. The number of hydrogen-bond acceptors (Lipinski definition) is 1. The van der Waals surface area contributed by atoms with Crippen LogP contribution < -0.4 is 4.74 Å². The van der Waals surface area contributed by atoms with Crippen LogP contribution in [0.2, 0.25) is 0 Å². The average molecular weight is 587 g/mol. The molecule has 0 heterocycles. The molecule has 0 spiro atoms. The first-order valence-electron chi connectivity index (χ1n) is 16.3. The van der Waals surface area contributed by atoms with Crippen molar-refractivity contribution in [3.63, 3.8) is 0 Å². The Morgan fingerprint density at radius 2 is 1.49 bits per heavy atom. The summed E-state index contributed by atoms with van der Waals surface area (Å²) in [6, 6.07) is 15.4. The first-order valence-corrected chi connectivity index (χ1v) is 16.3. The van der Waals surface area contributed by atoms with Gasteiger partial charge >= 0.3 is 0 Å². The molecule has 3 aromatic rings. The van der Waals surface area contributed by atoms with Gasteiger partial charge in [0.15, 0.2) is 11.6 Å². The molecule has 0 bridgehead atoms. The zero-order chi connectivity index (χ0) is 30.2. The van der Waals surface area contributed by atoms with Gasteiger partial charge in [-0.2, -0.15) is 4.39 Å². The minimum absolute atomic E-state index is 0.0737. The van der Waals surface area contributed by atoms with Gasteiger partial charge in [-0.1, -0.05) is 80.8 Å². The normalized spacial score (nSPS) is 20.8. The third-order valence-electron chi connectivity index (χ3n) is 9.64. The van der Waals surface area contributed by atoms with Crippen LogP contribution in [-0.4, -0.2) is 6.61 Å². The molecule has 0 radical (unpaired) electrons. The van der Waals surface area contributed by atoms with E-state index in [1.54, 1.807) is 30.3 Å². The van der Waals surface area contributed by atoms with E-state index >= 15 is 4.39 Å². The summed E-state index contributed by atoms with van der Waals surface area (Å²) < 4.78 is 50.2. The highest BCUT2D eigenvalue weighted by molar-refractivity contribution is 5.74. The summed E-state index contributed by atoms with van der Waals surface area (Å²) >= 11 is 0. The highest BCUT2D eigenvalue weighted by Crippen LogP contribution is 2.42. The summed E-state index contributed by atoms with van der Waals surface area (Å²) in [6.07, 6.45) is 19.8. The molecule has 1 unspecified atom stereocenters. The van der Waals surface area contributed by atoms with Crippen LogP contribution in [0.25, 0.3) is 27.8 Å². The van der Waals surface area contributed by atoms with E-state index in [1.165, 1.54) is 62.7 Å². The lowest BCUT2D eigenvalue weighted by molar-refractivity contribution is 0.190. The molecule has 0 amide bonds. The van der Waals surface area contributed by atoms with Gasteiger partial charge in [0.25, 0.3) is 0 Å². The van der Waals surface area contributed by atoms with Crippen LogP contribution in [0, 0.1) is 35.2 Å². The monoisotopic (exact) mass is 586 g/mol. The average Bonchev–Trinajstić information content (AvgIpc) is 3.04. The van der Waals surface area contributed by atoms with Gasteiger partial charge in [0.05, 0.1) is 6.61 Å². The van der Waals surface area contributed by atoms with Crippen molar-refractivity contribution in [1.29, 1.82) is 0 Å². The molecule has 228 valence electrons. The van der Waals surface area contributed by atoms with Crippen LogP contribution in [0.1, 0.15) is 90.0 Å². The molecule has 0 N–H and O–H groups in total. The highest BCUT2D eigenvalue weighted by atomic mass is 19.2. The number of allylic oxidation sites excluding steroid dienone is 4. The second-order valence-electron chi connectivity index (χ2n) is 12.4. The summed E-state index contributed by atoms with van der Waals surface area (Å²) in [4.78, 5) is 0. The fourth-order valence-corrected chi connectivity index (χ4v) is 6.96. The maximum atomic E-state index is 15.4. The minimum atomic E-state index is -0.981. The Morgan fingerprint density at radius 3 is 2.14 bits per heavy atom. The van der Waals surface area contributed by atoms with Gasteiger partial charge in [-0.25, -0.2) is 8.78 Å². The molecule has 1 atom stereocenters. The summed E-state index contributed by atoms with van der Waals surface area (Å²) in [5.41, 5.74) is 4.10. The summed E-state index contributed by atoms with van der Waals surface area (Å²) in [7, 11) is 0. The molecule has 43 heavy (non-hydrogen) atoms. The van der Waals surface area contributed by atoms with Gasteiger partial charge in [-0.3, -0.25) is 0 Å². The van der Waals surface area contributed by atoms with E-state index < -0.39 is 11.6 Å².